The summed E-state index contributed by atoms with van der Waals surface area (Å²) >= 11 is 1.55. The van der Waals surface area contributed by atoms with Gasteiger partial charge in [0.15, 0.2) is 0 Å². The molecule has 0 aliphatic heterocycles. The first-order valence-corrected chi connectivity index (χ1v) is 15.2. The van der Waals surface area contributed by atoms with Crippen LogP contribution in [0.5, 0.6) is 11.5 Å². The minimum absolute atomic E-state index is 0. The van der Waals surface area contributed by atoms with Crippen molar-refractivity contribution in [1.82, 2.24) is 9.88 Å². The van der Waals surface area contributed by atoms with Crippen LogP contribution in [0.25, 0.3) is 20.7 Å². The summed E-state index contributed by atoms with van der Waals surface area (Å²) in [5, 5.41) is 4.10. The second-order valence-electron chi connectivity index (χ2n) is 10.1. The number of methoxy groups -OCH3 is 2. The van der Waals surface area contributed by atoms with Crippen LogP contribution in [0.15, 0.2) is 89.9 Å². The van der Waals surface area contributed by atoms with Gasteiger partial charge in [0.05, 0.1) is 32.8 Å². The summed E-state index contributed by atoms with van der Waals surface area (Å²) in [6.45, 7) is 3.59. The summed E-state index contributed by atoms with van der Waals surface area (Å²) < 4.78 is 18.3. The van der Waals surface area contributed by atoms with Gasteiger partial charge in [0, 0.05) is 23.2 Å². The highest BCUT2D eigenvalue weighted by Crippen LogP contribution is 2.39. The Morgan fingerprint density at radius 2 is 1.62 bits per heavy atom. The number of thiophene rings is 1. The fourth-order valence-electron chi connectivity index (χ4n) is 5.20. The molecule has 238 valence electrons. The third-order valence-electron chi connectivity index (χ3n) is 7.35. The van der Waals surface area contributed by atoms with Crippen LogP contribution < -0.4 is 20.2 Å². The number of esters is 1. The van der Waals surface area contributed by atoms with Gasteiger partial charge in [0.25, 0.3) is 0 Å². The molecule has 45 heavy (non-hydrogen) atoms. The summed E-state index contributed by atoms with van der Waals surface area (Å²) in [5.41, 5.74) is 3.78. The smallest absolute Gasteiger partial charge is 0.343 e. The summed E-state index contributed by atoms with van der Waals surface area (Å²) in [6.07, 6.45) is 3.54. The van der Waals surface area contributed by atoms with Crippen LogP contribution in [0.4, 0.5) is 0 Å². The Labute approximate surface area is 280 Å². The van der Waals surface area contributed by atoms with Crippen molar-refractivity contribution in [3.63, 3.8) is 0 Å². The number of fused-ring (bicyclic) bond motifs is 1. The Morgan fingerprint density at radius 1 is 0.911 bits per heavy atom. The second kappa shape index (κ2) is 17.0. The van der Waals surface area contributed by atoms with E-state index in [1.165, 1.54) is 5.56 Å². The molecule has 0 radical (unpaired) electrons. The number of ether oxygens (including phenoxy) is 3. The normalized spacial score (nSPS) is 10.6. The summed E-state index contributed by atoms with van der Waals surface area (Å²) in [7, 11) is 3.28. The van der Waals surface area contributed by atoms with Crippen molar-refractivity contribution < 1.29 is 19.0 Å². The Balaban J connectivity index is 0.00000276. The minimum Gasteiger partial charge on any atom is -0.497 e. The fraction of sp³-hybridized carbons (Fsp3) is 0.257. The van der Waals surface area contributed by atoms with Gasteiger partial charge in [0.1, 0.15) is 21.9 Å². The molecule has 0 spiro atoms. The van der Waals surface area contributed by atoms with Gasteiger partial charge in [-0.3, -0.25) is 4.79 Å². The molecule has 0 amide bonds. The molecule has 3 aromatic carbocycles. The zero-order valence-corrected chi connectivity index (χ0v) is 28.0. The van der Waals surface area contributed by atoms with Gasteiger partial charge in [-0.05, 0) is 73.3 Å². The van der Waals surface area contributed by atoms with Gasteiger partial charge >= 0.3 is 5.97 Å². The number of hydrogen-bond acceptors (Lipinski definition) is 7. The lowest BCUT2D eigenvalue weighted by Gasteiger charge is -2.14. The van der Waals surface area contributed by atoms with Crippen molar-refractivity contribution in [3.05, 3.63) is 118 Å². The van der Waals surface area contributed by atoms with Crippen molar-refractivity contribution in [3.8, 4) is 21.9 Å². The summed E-state index contributed by atoms with van der Waals surface area (Å²) in [4.78, 5) is 28.8. The highest BCUT2D eigenvalue weighted by atomic mass is 35.5. The first-order valence-electron chi connectivity index (χ1n) is 14.4. The molecule has 1 N–H and O–H groups in total. The average molecular weight is 670 g/mol. The van der Waals surface area contributed by atoms with E-state index in [4.69, 9.17) is 14.2 Å². The molecule has 0 aliphatic rings. The maximum atomic E-state index is 14.0. The van der Waals surface area contributed by atoms with Crippen LogP contribution in [0.3, 0.4) is 0 Å². The topological polar surface area (TPSA) is 78.8 Å². The van der Waals surface area contributed by atoms with Crippen LogP contribution >= 0.6 is 36.2 Å². The molecule has 0 unspecified atom stereocenters. The molecule has 7 nitrogen and oxygen atoms in total. The van der Waals surface area contributed by atoms with E-state index in [9.17, 15) is 9.59 Å². The molecule has 2 aromatic heterocycles. The van der Waals surface area contributed by atoms with Gasteiger partial charge < -0.3 is 24.1 Å². The monoisotopic (exact) mass is 668 g/mol. The summed E-state index contributed by atoms with van der Waals surface area (Å²) in [6, 6.07) is 26.0. The number of pyridine rings is 1. The molecule has 0 saturated carbocycles. The van der Waals surface area contributed by atoms with E-state index in [0.717, 1.165) is 57.3 Å². The number of carbonyl (C=O) groups excluding carboxylic acids is 1. The molecule has 0 fully saturated rings. The molecule has 0 atom stereocenters. The number of benzene rings is 3. The summed E-state index contributed by atoms with van der Waals surface area (Å²) in [5.74, 6) is 0.868. The molecule has 0 saturated heterocycles. The minimum atomic E-state index is -0.623. The van der Waals surface area contributed by atoms with E-state index in [1.807, 2.05) is 59.2 Å². The molecule has 5 aromatic rings. The molecule has 0 bridgehead atoms. The molecular weight excluding hydrogens is 631 g/mol. The molecular formula is C35H38Cl2N2O5S. The lowest BCUT2D eigenvalue weighted by Crippen LogP contribution is -2.22. The number of nitrogens with one attached hydrogen (secondary N) is 1. The number of aromatic nitrogens is 1. The predicted octanol–water partition coefficient (Wildman–Crippen LogP) is 7.54. The van der Waals surface area contributed by atoms with Crippen molar-refractivity contribution in [1.29, 1.82) is 0 Å². The van der Waals surface area contributed by atoms with Crippen molar-refractivity contribution in [2.75, 3.05) is 27.4 Å². The Kier molecular flexibility index (Phi) is 13.5. The number of rotatable bonds is 13. The lowest BCUT2D eigenvalue weighted by molar-refractivity contribution is 0.0524. The number of hydrogen-bond donors (Lipinski definition) is 1. The fourth-order valence-corrected chi connectivity index (χ4v) is 6.50. The van der Waals surface area contributed by atoms with Crippen molar-refractivity contribution in [2.45, 2.75) is 32.9 Å². The molecule has 10 heteroatoms. The number of halogens is 2. The van der Waals surface area contributed by atoms with E-state index >= 15 is 0 Å². The number of aryl methyl sites for hydroxylation is 1. The Bertz CT molecular complexity index is 1750. The first-order chi connectivity index (χ1) is 21.0. The van der Waals surface area contributed by atoms with Gasteiger partial charge in [-0.2, -0.15) is 0 Å². The number of nitrogens with zero attached hydrogens (tertiary/aromatic N) is 1. The quantitative estimate of drug-likeness (QED) is 0.103. The Hall–Kier alpha value is -3.82. The number of para-hydroxylation sites is 1. The van der Waals surface area contributed by atoms with Gasteiger partial charge in [-0.15, -0.1) is 36.2 Å². The molecule has 0 aliphatic carbocycles. The Morgan fingerprint density at radius 3 is 2.31 bits per heavy atom. The predicted molar refractivity (Wildman–Crippen MR) is 187 cm³/mol. The average Bonchev–Trinajstić information content (AvgIpc) is 3.43. The van der Waals surface area contributed by atoms with E-state index in [0.29, 0.717) is 18.5 Å². The van der Waals surface area contributed by atoms with Crippen LogP contribution in [0.1, 0.15) is 40.4 Å². The third-order valence-corrected chi connectivity index (χ3v) is 8.67. The van der Waals surface area contributed by atoms with Gasteiger partial charge in [-0.1, -0.05) is 48.5 Å². The van der Waals surface area contributed by atoms with E-state index in [2.05, 4.69) is 29.6 Å². The van der Waals surface area contributed by atoms with E-state index in [-0.39, 0.29) is 42.4 Å². The van der Waals surface area contributed by atoms with E-state index < -0.39 is 5.97 Å². The third kappa shape index (κ3) is 8.27. The standard InChI is InChI=1S/C35H36N2O5S.2ClH/c1-4-42-35(39)29-23-37(22-26-14-8-9-15-30(26)41-3)34-31(32(29)38)28(21-36-20-10-13-24-11-6-5-7-12-24)33(43-34)25-16-18-27(40-2)19-17-25;;/h5-9,11-12,14-19,23,36H,4,10,13,20-22H2,1-3H3;2*1H. The molecule has 5 rings (SSSR count). The van der Waals surface area contributed by atoms with Crippen LogP contribution in [-0.4, -0.2) is 37.9 Å². The lowest BCUT2D eigenvalue weighted by atomic mass is 10.0. The zero-order valence-electron chi connectivity index (χ0n) is 25.5. The van der Waals surface area contributed by atoms with Gasteiger partial charge in [0.2, 0.25) is 5.43 Å². The largest absolute Gasteiger partial charge is 0.497 e. The maximum Gasteiger partial charge on any atom is 0.343 e. The van der Waals surface area contributed by atoms with Crippen LogP contribution in [0.2, 0.25) is 0 Å². The number of carbonyl (C=O) groups is 1. The van der Waals surface area contributed by atoms with Gasteiger partial charge in [-0.25, -0.2) is 4.79 Å². The SMILES string of the molecule is CCOC(=O)c1cn(Cc2ccccc2OC)c2sc(-c3ccc(OC)cc3)c(CNCCCc3ccccc3)c2c1=O.Cl.Cl. The van der Waals surface area contributed by atoms with Crippen LogP contribution in [0, 0.1) is 0 Å². The second-order valence-corrected chi connectivity index (χ2v) is 11.1. The maximum absolute atomic E-state index is 14.0. The van der Waals surface area contributed by atoms with E-state index in [1.54, 1.807) is 38.7 Å². The highest BCUT2D eigenvalue weighted by molar-refractivity contribution is 7.22. The zero-order chi connectivity index (χ0) is 30.2. The van der Waals surface area contributed by atoms with Crippen molar-refractivity contribution >= 4 is 52.3 Å². The highest BCUT2D eigenvalue weighted by Gasteiger charge is 2.24. The first kappa shape index (κ1) is 35.7. The van der Waals surface area contributed by atoms with Crippen LogP contribution in [-0.2, 0) is 24.2 Å². The van der Waals surface area contributed by atoms with Crippen molar-refractivity contribution in [2.24, 2.45) is 0 Å². The molecule has 2 heterocycles.